The third kappa shape index (κ3) is 2.55. The number of rotatable bonds is 3. The summed E-state index contributed by atoms with van der Waals surface area (Å²) in [5.41, 5.74) is 1.81. The second kappa shape index (κ2) is 5.46. The first kappa shape index (κ1) is 13.5. The first-order valence-corrected chi connectivity index (χ1v) is 6.30. The highest BCUT2D eigenvalue weighted by Crippen LogP contribution is 2.32. The van der Waals surface area contributed by atoms with E-state index in [9.17, 15) is 13.9 Å². The highest BCUT2D eigenvalue weighted by Gasteiger charge is 2.19. The molecule has 0 aliphatic carbocycles. The highest BCUT2D eigenvalue weighted by atomic mass is 19.1. The Morgan fingerprint density at radius 3 is 2.24 bits per heavy atom. The molecule has 0 saturated carbocycles. The second-order valence-electron chi connectivity index (χ2n) is 4.52. The van der Waals surface area contributed by atoms with Gasteiger partial charge in [0.25, 0.3) is 0 Å². The van der Waals surface area contributed by atoms with Crippen LogP contribution in [0.3, 0.4) is 0 Å². The maximum atomic E-state index is 13.3. The number of hydrogen-bond acceptors (Lipinski definition) is 3. The van der Waals surface area contributed by atoms with Crippen molar-refractivity contribution in [3.8, 4) is 22.6 Å². The normalized spacial score (nSPS) is 10.8. The summed E-state index contributed by atoms with van der Waals surface area (Å²) in [6.45, 7) is -0.346. The van der Waals surface area contributed by atoms with Crippen molar-refractivity contribution in [3.05, 3.63) is 65.7 Å². The molecule has 1 heterocycles. The molecule has 5 heteroatoms. The van der Waals surface area contributed by atoms with Gasteiger partial charge in [0.15, 0.2) is 5.76 Å². The molecule has 0 amide bonds. The zero-order valence-electron chi connectivity index (χ0n) is 10.9. The van der Waals surface area contributed by atoms with Gasteiger partial charge in [0.2, 0.25) is 0 Å². The van der Waals surface area contributed by atoms with Crippen molar-refractivity contribution in [1.29, 1.82) is 0 Å². The highest BCUT2D eigenvalue weighted by molar-refractivity contribution is 5.72. The summed E-state index contributed by atoms with van der Waals surface area (Å²) in [7, 11) is 0. The zero-order chi connectivity index (χ0) is 14.8. The van der Waals surface area contributed by atoms with Crippen molar-refractivity contribution in [3.63, 3.8) is 0 Å². The molecule has 3 nitrogen and oxygen atoms in total. The van der Waals surface area contributed by atoms with Gasteiger partial charge in [-0.2, -0.15) is 0 Å². The summed E-state index contributed by atoms with van der Waals surface area (Å²) in [6.07, 6.45) is 0. The van der Waals surface area contributed by atoms with E-state index in [1.165, 1.54) is 0 Å². The maximum absolute atomic E-state index is 13.3. The first-order valence-electron chi connectivity index (χ1n) is 6.30. The predicted octanol–water partition coefficient (Wildman–Crippen LogP) is 3.78. The van der Waals surface area contributed by atoms with Crippen LogP contribution in [0.15, 0.2) is 53.1 Å². The van der Waals surface area contributed by atoms with Crippen LogP contribution in [0.5, 0.6) is 0 Å². The molecule has 0 spiro atoms. The fourth-order valence-corrected chi connectivity index (χ4v) is 2.19. The quantitative estimate of drug-likeness (QED) is 0.797. The molecule has 21 heavy (non-hydrogen) atoms. The van der Waals surface area contributed by atoms with Crippen LogP contribution in [0.25, 0.3) is 22.6 Å². The summed E-state index contributed by atoms with van der Waals surface area (Å²) in [6, 6.07) is 12.2. The minimum Gasteiger partial charge on any atom is -0.391 e. The summed E-state index contributed by atoms with van der Waals surface area (Å²) in [5.74, 6) is -1.27. The zero-order valence-corrected chi connectivity index (χ0v) is 10.9. The molecule has 0 radical (unpaired) electrons. The van der Waals surface area contributed by atoms with Gasteiger partial charge < -0.3 is 9.63 Å². The van der Waals surface area contributed by atoms with Crippen molar-refractivity contribution in [2.75, 3.05) is 0 Å². The van der Waals surface area contributed by atoms with Crippen LogP contribution in [-0.4, -0.2) is 10.3 Å². The Kier molecular flexibility index (Phi) is 3.50. The van der Waals surface area contributed by atoms with E-state index in [4.69, 9.17) is 4.52 Å². The Morgan fingerprint density at radius 2 is 1.62 bits per heavy atom. The Balaban J connectivity index is 2.15. The number of halogens is 2. The van der Waals surface area contributed by atoms with E-state index >= 15 is 0 Å². The lowest BCUT2D eigenvalue weighted by Crippen LogP contribution is -1.90. The second-order valence-corrected chi connectivity index (χ2v) is 4.52. The number of aliphatic hydroxyl groups is 1. The van der Waals surface area contributed by atoms with Gasteiger partial charge in [0, 0.05) is 17.2 Å². The molecule has 0 bridgehead atoms. The van der Waals surface area contributed by atoms with Gasteiger partial charge in [-0.3, -0.25) is 0 Å². The van der Waals surface area contributed by atoms with Gasteiger partial charge in [0.05, 0.1) is 12.2 Å². The molecular weight excluding hydrogens is 276 g/mol. The monoisotopic (exact) mass is 287 g/mol. The Bertz CT molecular complexity index is 749. The topological polar surface area (TPSA) is 46.3 Å². The lowest BCUT2D eigenvalue weighted by Gasteiger charge is -2.02. The number of aliphatic hydroxyl groups excluding tert-OH is 1. The minimum absolute atomic E-state index is 0.162. The number of aromatic nitrogens is 1. The Labute approximate surface area is 119 Å². The Hall–Kier alpha value is -2.53. The lowest BCUT2D eigenvalue weighted by atomic mass is 10.0. The van der Waals surface area contributed by atoms with Gasteiger partial charge in [-0.25, -0.2) is 8.78 Å². The lowest BCUT2D eigenvalue weighted by molar-refractivity contribution is 0.281. The molecule has 0 aliphatic heterocycles. The standard InChI is InChI=1S/C16H11F2NO2/c17-12-6-11(7-13(18)8-12)16-14(9-20)15(19-21-16)10-4-2-1-3-5-10/h1-8,20H,9H2. The van der Waals surface area contributed by atoms with E-state index < -0.39 is 11.6 Å². The average Bonchev–Trinajstić information content (AvgIpc) is 2.91. The van der Waals surface area contributed by atoms with Crippen molar-refractivity contribution >= 4 is 0 Å². The molecule has 0 fully saturated rings. The SMILES string of the molecule is OCc1c(-c2ccccc2)noc1-c1cc(F)cc(F)c1. The third-order valence-corrected chi connectivity index (χ3v) is 3.12. The smallest absolute Gasteiger partial charge is 0.173 e. The molecule has 0 aliphatic rings. The van der Waals surface area contributed by atoms with Gasteiger partial charge in [-0.15, -0.1) is 0 Å². The van der Waals surface area contributed by atoms with Crippen molar-refractivity contribution in [2.24, 2.45) is 0 Å². The minimum atomic E-state index is -0.716. The van der Waals surface area contributed by atoms with E-state index in [1.807, 2.05) is 30.3 Å². The fraction of sp³-hybridized carbons (Fsp3) is 0.0625. The molecule has 2 aromatic carbocycles. The van der Waals surface area contributed by atoms with Crippen molar-refractivity contribution in [1.82, 2.24) is 5.16 Å². The van der Waals surface area contributed by atoms with Crippen LogP contribution in [0, 0.1) is 11.6 Å². The average molecular weight is 287 g/mol. The molecule has 106 valence electrons. The number of nitrogens with zero attached hydrogens (tertiary/aromatic N) is 1. The molecule has 1 N–H and O–H groups in total. The van der Waals surface area contributed by atoms with Crippen LogP contribution in [-0.2, 0) is 6.61 Å². The van der Waals surface area contributed by atoms with Gasteiger partial charge in [0.1, 0.15) is 17.3 Å². The van der Waals surface area contributed by atoms with Crippen LogP contribution in [0.1, 0.15) is 5.56 Å². The summed E-state index contributed by atoms with van der Waals surface area (Å²) < 4.78 is 31.8. The molecular formula is C16H11F2NO2. The van der Waals surface area contributed by atoms with Crippen LogP contribution in [0.2, 0.25) is 0 Å². The summed E-state index contributed by atoms with van der Waals surface area (Å²) >= 11 is 0. The maximum Gasteiger partial charge on any atom is 0.173 e. The van der Waals surface area contributed by atoms with E-state index in [0.717, 1.165) is 23.8 Å². The summed E-state index contributed by atoms with van der Waals surface area (Å²) in [5, 5.41) is 13.5. The van der Waals surface area contributed by atoms with E-state index in [0.29, 0.717) is 11.3 Å². The van der Waals surface area contributed by atoms with Crippen LogP contribution in [0.4, 0.5) is 8.78 Å². The van der Waals surface area contributed by atoms with Gasteiger partial charge in [-0.05, 0) is 12.1 Å². The third-order valence-electron chi connectivity index (χ3n) is 3.12. The predicted molar refractivity (Wildman–Crippen MR) is 73.2 cm³/mol. The number of hydrogen-bond donors (Lipinski definition) is 1. The first-order chi connectivity index (χ1) is 10.2. The van der Waals surface area contributed by atoms with Crippen LogP contribution < -0.4 is 0 Å². The molecule has 3 rings (SSSR count). The molecule has 1 aromatic heterocycles. The number of benzene rings is 2. The molecule has 0 atom stereocenters. The van der Waals surface area contributed by atoms with Crippen LogP contribution >= 0.6 is 0 Å². The fourth-order valence-electron chi connectivity index (χ4n) is 2.19. The Morgan fingerprint density at radius 1 is 0.952 bits per heavy atom. The van der Waals surface area contributed by atoms with E-state index in [2.05, 4.69) is 5.16 Å². The van der Waals surface area contributed by atoms with Gasteiger partial charge in [-0.1, -0.05) is 35.5 Å². The van der Waals surface area contributed by atoms with Gasteiger partial charge >= 0.3 is 0 Å². The molecule has 0 unspecified atom stereocenters. The summed E-state index contributed by atoms with van der Waals surface area (Å²) in [4.78, 5) is 0. The van der Waals surface area contributed by atoms with Crippen molar-refractivity contribution < 1.29 is 18.4 Å². The van der Waals surface area contributed by atoms with E-state index in [1.54, 1.807) is 0 Å². The molecule has 3 aromatic rings. The van der Waals surface area contributed by atoms with E-state index in [-0.39, 0.29) is 17.9 Å². The largest absolute Gasteiger partial charge is 0.391 e. The van der Waals surface area contributed by atoms with Crippen molar-refractivity contribution in [2.45, 2.75) is 6.61 Å². The molecule has 0 saturated heterocycles.